The van der Waals surface area contributed by atoms with Crippen molar-refractivity contribution in [2.24, 2.45) is 0 Å². The van der Waals surface area contributed by atoms with E-state index in [1.807, 2.05) is 0 Å². The van der Waals surface area contributed by atoms with E-state index in [2.05, 4.69) is 0 Å². The standard InChI is InChI=1S/C20H16O6/c1-26-16(22)10-15(11-6-8-12(21)9-7-11)17-18(23)13-4-2-3-5-14(13)19(24)20(17)25/h2-9,15,21,23H,10H2,1H3/t15-/m1/s1. The summed E-state index contributed by atoms with van der Waals surface area (Å²) in [6.07, 6.45) is -0.234. The van der Waals surface area contributed by atoms with Gasteiger partial charge in [0.25, 0.3) is 0 Å². The molecule has 0 aliphatic heterocycles. The molecule has 1 aliphatic rings. The third-order valence-electron chi connectivity index (χ3n) is 4.38. The van der Waals surface area contributed by atoms with Gasteiger partial charge in [0.2, 0.25) is 11.6 Å². The van der Waals surface area contributed by atoms with E-state index in [1.165, 1.54) is 37.4 Å². The minimum absolute atomic E-state index is 0.0140. The van der Waals surface area contributed by atoms with Crippen molar-refractivity contribution >= 4 is 23.3 Å². The number of fused-ring (bicyclic) bond motifs is 1. The second kappa shape index (κ2) is 6.84. The number of benzene rings is 2. The van der Waals surface area contributed by atoms with Crippen LogP contribution >= 0.6 is 0 Å². The molecule has 3 rings (SSSR count). The maximum Gasteiger partial charge on any atom is 0.306 e. The molecule has 0 spiro atoms. The molecule has 2 aromatic rings. The number of aliphatic hydroxyl groups excluding tert-OH is 1. The van der Waals surface area contributed by atoms with Crippen molar-refractivity contribution in [2.75, 3.05) is 7.11 Å². The highest BCUT2D eigenvalue weighted by Gasteiger charge is 2.38. The van der Waals surface area contributed by atoms with E-state index >= 15 is 0 Å². The number of esters is 1. The summed E-state index contributed by atoms with van der Waals surface area (Å²) in [6, 6.07) is 12.1. The number of rotatable bonds is 4. The lowest BCUT2D eigenvalue weighted by Crippen LogP contribution is -2.28. The van der Waals surface area contributed by atoms with Crippen molar-refractivity contribution in [3.8, 4) is 5.75 Å². The van der Waals surface area contributed by atoms with Crippen LogP contribution in [0.15, 0.2) is 54.1 Å². The zero-order chi connectivity index (χ0) is 18.8. The van der Waals surface area contributed by atoms with Gasteiger partial charge in [0.1, 0.15) is 11.5 Å². The first kappa shape index (κ1) is 17.4. The second-order valence-corrected chi connectivity index (χ2v) is 5.89. The number of methoxy groups -OCH3 is 1. The van der Waals surface area contributed by atoms with Gasteiger partial charge in [0.15, 0.2) is 0 Å². The normalized spacial score (nSPS) is 14.8. The van der Waals surface area contributed by atoms with Crippen LogP contribution in [0.5, 0.6) is 5.75 Å². The molecule has 0 heterocycles. The predicted molar refractivity (Wildman–Crippen MR) is 92.8 cm³/mol. The third kappa shape index (κ3) is 2.97. The van der Waals surface area contributed by atoms with Gasteiger partial charge < -0.3 is 14.9 Å². The van der Waals surface area contributed by atoms with Crippen LogP contribution in [0, 0.1) is 0 Å². The zero-order valence-corrected chi connectivity index (χ0v) is 13.9. The first-order valence-electron chi connectivity index (χ1n) is 7.91. The number of hydrogen-bond acceptors (Lipinski definition) is 6. The van der Waals surface area contributed by atoms with Crippen LogP contribution in [-0.4, -0.2) is 34.9 Å². The van der Waals surface area contributed by atoms with Gasteiger partial charge in [0.05, 0.1) is 19.1 Å². The fourth-order valence-electron chi connectivity index (χ4n) is 3.05. The molecule has 0 saturated carbocycles. The van der Waals surface area contributed by atoms with Gasteiger partial charge in [-0.15, -0.1) is 0 Å². The van der Waals surface area contributed by atoms with Crippen LogP contribution in [-0.2, 0) is 14.3 Å². The average molecular weight is 352 g/mol. The summed E-state index contributed by atoms with van der Waals surface area (Å²) in [4.78, 5) is 37.0. The van der Waals surface area contributed by atoms with E-state index in [9.17, 15) is 24.6 Å². The van der Waals surface area contributed by atoms with E-state index in [4.69, 9.17) is 4.74 Å². The maximum absolute atomic E-state index is 12.7. The van der Waals surface area contributed by atoms with Gasteiger partial charge in [0, 0.05) is 17.0 Å². The Hall–Kier alpha value is -3.41. The highest BCUT2D eigenvalue weighted by Crippen LogP contribution is 2.38. The van der Waals surface area contributed by atoms with E-state index in [0.29, 0.717) is 5.56 Å². The van der Waals surface area contributed by atoms with Gasteiger partial charge in [-0.1, -0.05) is 36.4 Å². The third-order valence-corrected chi connectivity index (χ3v) is 4.38. The minimum atomic E-state index is -0.882. The Labute approximate surface area is 149 Å². The smallest absolute Gasteiger partial charge is 0.306 e. The maximum atomic E-state index is 12.7. The summed E-state index contributed by atoms with van der Waals surface area (Å²) in [5.74, 6) is -3.38. The Kier molecular flexibility index (Phi) is 4.58. The Morgan fingerprint density at radius 3 is 2.19 bits per heavy atom. The molecular weight excluding hydrogens is 336 g/mol. The number of ether oxygens (including phenoxy) is 1. The Balaban J connectivity index is 2.19. The van der Waals surface area contributed by atoms with Gasteiger partial charge in [-0.2, -0.15) is 0 Å². The van der Waals surface area contributed by atoms with E-state index in [1.54, 1.807) is 18.2 Å². The largest absolute Gasteiger partial charge is 0.508 e. The molecule has 0 saturated heterocycles. The Morgan fingerprint density at radius 2 is 1.58 bits per heavy atom. The van der Waals surface area contributed by atoms with Crippen molar-refractivity contribution in [1.82, 2.24) is 0 Å². The SMILES string of the molecule is COC(=O)C[C@@H](C1=C(O)c2ccccc2C(=O)C1=O)c1ccc(O)cc1. The minimum Gasteiger partial charge on any atom is -0.508 e. The number of ketones is 2. The van der Waals surface area contributed by atoms with Crippen molar-refractivity contribution in [1.29, 1.82) is 0 Å². The molecule has 132 valence electrons. The molecule has 2 aromatic carbocycles. The van der Waals surface area contributed by atoms with Crippen molar-refractivity contribution in [3.63, 3.8) is 0 Å². The Bertz CT molecular complexity index is 924. The van der Waals surface area contributed by atoms with Crippen LogP contribution in [0.3, 0.4) is 0 Å². The molecule has 26 heavy (non-hydrogen) atoms. The lowest BCUT2D eigenvalue weighted by molar-refractivity contribution is -0.140. The second-order valence-electron chi connectivity index (χ2n) is 5.89. The number of carbonyl (C=O) groups excluding carboxylic acids is 3. The van der Waals surface area contributed by atoms with Crippen LogP contribution in [0.2, 0.25) is 0 Å². The van der Waals surface area contributed by atoms with E-state index < -0.39 is 23.5 Å². The topological polar surface area (TPSA) is 101 Å². The van der Waals surface area contributed by atoms with Crippen LogP contribution in [0.4, 0.5) is 0 Å². The number of carbonyl (C=O) groups is 3. The summed E-state index contributed by atoms with van der Waals surface area (Å²) < 4.78 is 4.69. The molecule has 0 unspecified atom stereocenters. The van der Waals surface area contributed by atoms with Gasteiger partial charge in [-0.05, 0) is 17.7 Å². The number of Topliss-reactive ketones (excluding diaryl/α,β-unsaturated/α-hetero) is 2. The number of allylic oxidation sites excluding steroid dienone is 1. The van der Waals surface area contributed by atoms with Crippen LogP contribution in [0.1, 0.15) is 33.8 Å². The highest BCUT2D eigenvalue weighted by molar-refractivity contribution is 6.52. The van der Waals surface area contributed by atoms with Gasteiger partial charge >= 0.3 is 5.97 Å². The number of phenols is 1. The lowest BCUT2D eigenvalue weighted by atomic mass is 9.78. The summed E-state index contributed by atoms with van der Waals surface area (Å²) in [5.41, 5.74) is 0.724. The molecule has 2 N–H and O–H groups in total. The molecule has 6 nitrogen and oxygen atoms in total. The quantitative estimate of drug-likeness (QED) is 0.648. The molecule has 0 bridgehead atoms. The van der Waals surface area contributed by atoms with Gasteiger partial charge in [-0.3, -0.25) is 14.4 Å². The molecule has 1 atom stereocenters. The number of aliphatic hydroxyl groups is 1. The van der Waals surface area contributed by atoms with Crippen LogP contribution < -0.4 is 0 Å². The Morgan fingerprint density at radius 1 is 0.962 bits per heavy atom. The molecule has 0 radical (unpaired) electrons. The average Bonchev–Trinajstić information content (AvgIpc) is 2.66. The monoisotopic (exact) mass is 352 g/mol. The summed E-state index contributed by atoms with van der Waals surface area (Å²) in [5, 5.41) is 20.2. The summed E-state index contributed by atoms with van der Waals surface area (Å²) in [6.45, 7) is 0. The summed E-state index contributed by atoms with van der Waals surface area (Å²) in [7, 11) is 1.22. The van der Waals surface area contributed by atoms with Crippen molar-refractivity contribution in [3.05, 3.63) is 70.8 Å². The molecule has 0 aromatic heterocycles. The van der Waals surface area contributed by atoms with Crippen LogP contribution in [0.25, 0.3) is 5.76 Å². The molecule has 0 fully saturated rings. The lowest BCUT2D eigenvalue weighted by Gasteiger charge is -2.24. The first-order valence-corrected chi connectivity index (χ1v) is 7.91. The molecule has 1 aliphatic carbocycles. The van der Waals surface area contributed by atoms with E-state index in [-0.39, 0.29) is 34.6 Å². The van der Waals surface area contributed by atoms with Crippen molar-refractivity contribution < 1.29 is 29.3 Å². The molecule has 6 heteroatoms. The number of phenolic OH excluding ortho intramolecular Hbond substituents is 1. The fourth-order valence-corrected chi connectivity index (χ4v) is 3.05. The highest BCUT2D eigenvalue weighted by atomic mass is 16.5. The molecular formula is C20H16O6. The summed E-state index contributed by atoms with van der Waals surface area (Å²) >= 11 is 0. The van der Waals surface area contributed by atoms with E-state index in [0.717, 1.165) is 0 Å². The first-order chi connectivity index (χ1) is 12.4. The zero-order valence-electron chi connectivity index (χ0n) is 13.9. The number of hydrogen-bond donors (Lipinski definition) is 2. The predicted octanol–water partition coefficient (Wildman–Crippen LogP) is 2.77. The molecule has 0 amide bonds. The van der Waals surface area contributed by atoms with Crippen molar-refractivity contribution in [2.45, 2.75) is 12.3 Å². The number of aromatic hydroxyl groups is 1. The fraction of sp³-hybridized carbons (Fsp3) is 0.150. The van der Waals surface area contributed by atoms with Gasteiger partial charge in [-0.25, -0.2) is 0 Å².